The van der Waals surface area contributed by atoms with Gasteiger partial charge in [0, 0.05) is 18.9 Å². The highest BCUT2D eigenvalue weighted by Gasteiger charge is 2.42. The number of rotatable bonds is 5. The second kappa shape index (κ2) is 9.64. The predicted molar refractivity (Wildman–Crippen MR) is 96.0 cm³/mol. The number of ether oxygens (including phenoxy) is 1. The van der Waals surface area contributed by atoms with Crippen LogP contribution in [0.1, 0.15) is 18.1 Å². The molecule has 0 aliphatic carbocycles. The fraction of sp³-hybridized carbons (Fsp3) is 0.474. The lowest BCUT2D eigenvalue weighted by atomic mass is 9.95. The van der Waals surface area contributed by atoms with Crippen LogP contribution >= 0.6 is 0 Å². The van der Waals surface area contributed by atoms with E-state index in [2.05, 4.69) is 17.2 Å². The lowest BCUT2D eigenvalue weighted by Gasteiger charge is -2.37. The van der Waals surface area contributed by atoms with E-state index in [0.29, 0.717) is 11.1 Å². The van der Waals surface area contributed by atoms with Crippen LogP contribution in [0, 0.1) is 11.8 Å². The molecule has 1 aliphatic heterocycles. The summed E-state index contributed by atoms with van der Waals surface area (Å²) in [5, 5.41) is 50.1. The number of hydrogen-bond donors (Lipinski definition) is 6. The van der Waals surface area contributed by atoms with Crippen LogP contribution < -0.4 is 5.32 Å². The number of aliphatic carboxylic acids is 1. The highest BCUT2D eigenvalue weighted by atomic mass is 16.5. The number of hydrogen-bond acceptors (Lipinski definition) is 7. The van der Waals surface area contributed by atoms with Crippen molar-refractivity contribution in [3.05, 3.63) is 35.4 Å². The Kier molecular flexibility index (Phi) is 7.51. The van der Waals surface area contributed by atoms with Crippen LogP contribution in [0.3, 0.4) is 0 Å². The summed E-state index contributed by atoms with van der Waals surface area (Å²) >= 11 is 0. The molecule has 6 atom stereocenters. The summed E-state index contributed by atoms with van der Waals surface area (Å²) in [6.45, 7) is 0.713. The molecule has 0 aromatic heterocycles. The topological polar surface area (TPSA) is 157 Å². The second-order valence-electron chi connectivity index (χ2n) is 6.51. The molecule has 1 aromatic rings. The van der Waals surface area contributed by atoms with E-state index in [0.717, 1.165) is 0 Å². The molecule has 2 rings (SSSR count). The molecule has 0 bridgehead atoms. The molecule has 0 spiro atoms. The molecule has 0 saturated carbocycles. The molecule has 1 amide bonds. The van der Waals surface area contributed by atoms with Gasteiger partial charge >= 0.3 is 5.97 Å². The van der Waals surface area contributed by atoms with Crippen molar-refractivity contribution in [2.45, 2.75) is 49.9 Å². The summed E-state index contributed by atoms with van der Waals surface area (Å²) in [6.07, 6.45) is -6.38. The smallest absolute Gasteiger partial charge is 0.326 e. The normalized spacial score (nSPS) is 28.0. The largest absolute Gasteiger partial charge is 0.480 e. The Hall–Kier alpha value is -2.48. The lowest BCUT2D eigenvalue weighted by molar-refractivity contribution is -0.214. The molecule has 1 saturated heterocycles. The number of amides is 1. The van der Waals surface area contributed by atoms with Gasteiger partial charge in [0.25, 0.3) is 0 Å². The van der Waals surface area contributed by atoms with Crippen LogP contribution in [0.25, 0.3) is 0 Å². The minimum Gasteiger partial charge on any atom is -0.480 e. The Morgan fingerprint density at radius 2 is 1.79 bits per heavy atom. The standard InChI is InChI=1S/C19H23NO8/c1-10(22)20-13(19(26)27)8-12-4-2-11(3-5-12)6-7-14-16(23)18(25)17(24)15(9-21)28-14/h2-5,13-18,21,23-25H,8-9H2,1H3,(H,20,22)(H,26,27)/t13-,14-,15-,16-,17-,18-/m1/s1. The fourth-order valence-electron chi connectivity index (χ4n) is 2.78. The van der Waals surface area contributed by atoms with Gasteiger partial charge in [-0.2, -0.15) is 0 Å². The van der Waals surface area contributed by atoms with Gasteiger partial charge in [-0.1, -0.05) is 24.0 Å². The van der Waals surface area contributed by atoms with E-state index in [1.807, 2.05) is 0 Å². The van der Waals surface area contributed by atoms with E-state index in [9.17, 15) is 30.0 Å². The molecular formula is C19H23NO8. The highest BCUT2D eigenvalue weighted by molar-refractivity contribution is 5.82. The molecular weight excluding hydrogens is 370 g/mol. The van der Waals surface area contributed by atoms with Crippen LogP contribution in [0.5, 0.6) is 0 Å². The van der Waals surface area contributed by atoms with Crippen molar-refractivity contribution < 1.29 is 39.9 Å². The number of aliphatic hydroxyl groups excluding tert-OH is 4. The summed E-state index contributed by atoms with van der Waals surface area (Å²) in [7, 11) is 0. The zero-order chi connectivity index (χ0) is 20.8. The first-order chi connectivity index (χ1) is 13.2. The first-order valence-electron chi connectivity index (χ1n) is 8.63. The van der Waals surface area contributed by atoms with Crippen molar-refractivity contribution in [2.75, 3.05) is 6.61 Å². The Morgan fingerprint density at radius 1 is 1.14 bits per heavy atom. The average molecular weight is 393 g/mol. The van der Waals surface area contributed by atoms with Crippen molar-refractivity contribution in [1.29, 1.82) is 0 Å². The fourth-order valence-corrected chi connectivity index (χ4v) is 2.78. The summed E-state index contributed by atoms with van der Waals surface area (Å²) in [4.78, 5) is 22.3. The molecule has 6 N–H and O–H groups in total. The Bertz CT molecular complexity index is 751. The van der Waals surface area contributed by atoms with Crippen molar-refractivity contribution in [3.8, 4) is 11.8 Å². The summed E-state index contributed by atoms with van der Waals surface area (Å²) in [6, 6.07) is 5.56. The lowest BCUT2D eigenvalue weighted by Crippen LogP contribution is -2.58. The average Bonchev–Trinajstić information content (AvgIpc) is 2.66. The van der Waals surface area contributed by atoms with Gasteiger partial charge in [0.15, 0.2) is 0 Å². The zero-order valence-corrected chi connectivity index (χ0v) is 15.1. The monoisotopic (exact) mass is 393 g/mol. The predicted octanol–water partition coefficient (Wildman–Crippen LogP) is -1.99. The van der Waals surface area contributed by atoms with E-state index >= 15 is 0 Å². The second-order valence-corrected chi connectivity index (χ2v) is 6.51. The van der Waals surface area contributed by atoms with Gasteiger partial charge in [0.05, 0.1) is 6.61 Å². The number of nitrogens with one attached hydrogen (secondary N) is 1. The van der Waals surface area contributed by atoms with Gasteiger partial charge in [-0.05, 0) is 17.7 Å². The van der Waals surface area contributed by atoms with Crippen LogP contribution in [0.15, 0.2) is 24.3 Å². The molecule has 9 nitrogen and oxygen atoms in total. The number of carbonyl (C=O) groups excluding carboxylic acids is 1. The van der Waals surface area contributed by atoms with Crippen LogP contribution in [0.2, 0.25) is 0 Å². The Balaban J connectivity index is 2.06. The van der Waals surface area contributed by atoms with Crippen molar-refractivity contribution in [3.63, 3.8) is 0 Å². The molecule has 1 heterocycles. The van der Waals surface area contributed by atoms with Gasteiger partial charge in [-0.25, -0.2) is 4.79 Å². The Morgan fingerprint density at radius 3 is 2.32 bits per heavy atom. The maximum atomic E-state index is 11.2. The van der Waals surface area contributed by atoms with Crippen molar-refractivity contribution in [2.24, 2.45) is 0 Å². The van der Waals surface area contributed by atoms with E-state index in [1.54, 1.807) is 24.3 Å². The molecule has 1 fully saturated rings. The number of carbonyl (C=O) groups is 2. The van der Waals surface area contributed by atoms with Gasteiger partial charge in [-0.3, -0.25) is 4.79 Å². The third-order valence-electron chi connectivity index (χ3n) is 4.32. The third-order valence-corrected chi connectivity index (χ3v) is 4.32. The minimum atomic E-state index is -1.49. The van der Waals surface area contributed by atoms with Crippen LogP contribution in [-0.2, 0) is 20.7 Å². The molecule has 1 aliphatic rings. The quantitative estimate of drug-likeness (QED) is 0.314. The van der Waals surface area contributed by atoms with E-state index < -0.39 is 55.0 Å². The summed E-state index contributed by atoms with van der Waals surface area (Å²) in [5.74, 6) is 3.84. The number of benzene rings is 1. The molecule has 0 radical (unpaired) electrons. The van der Waals surface area contributed by atoms with Gasteiger partial charge in [0.2, 0.25) is 5.91 Å². The molecule has 0 unspecified atom stereocenters. The van der Waals surface area contributed by atoms with E-state index in [1.165, 1.54) is 6.92 Å². The summed E-state index contributed by atoms with van der Waals surface area (Å²) in [5.41, 5.74) is 1.23. The molecule has 28 heavy (non-hydrogen) atoms. The van der Waals surface area contributed by atoms with Gasteiger partial charge in [-0.15, -0.1) is 0 Å². The van der Waals surface area contributed by atoms with Gasteiger partial charge in [0.1, 0.15) is 36.6 Å². The molecule has 9 heteroatoms. The first-order valence-corrected chi connectivity index (χ1v) is 8.63. The van der Waals surface area contributed by atoms with Crippen molar-refractivity contribution >= 4 is 11.9 Å². The summed E-state index contributed by atoms with van der Waals surface area (Å²) < 4.78 is 5.30. The number of carboxylic acid groups (broad SMARTS) is 1. The van der Waals surface area contributed by atoms with Crippen molar-refractivity contribution in [1.82, 2.24) is 5.32 Å². The number of aliphatic hydroxyl groups is 4. The van der Waals surface area contributed by atoms with Crippen LogP contribution in [-0.4, -0.2) is 80.6 Å². The SMILES string of the molecule is CC(=O)N[C@H](Cc1ccc(C#C[C@H]2O[C@H](CO)[C@@H](O)[C@H](O)[C@@H]2O)cc1)C(=O)O. The maximum absolute atomic E-state index is 11.2. The molecule has 1 aromatic carbocycles. The third kappa shape index (κ3) is 5.51. The van der Waals surface area contributed by atoms with E-state index in [-0.39, 0.29) is 6.42 Å². The molecule has 152 valence electrons. The van der Waals surface area contributed by atoms with E-state index in [4.69, 9.17) is 9.84 Å². The highest BCUT2D eigenvalue weighted by Crippen LogP contribution is 2.20. The number of carboxylic acids is 1. The zero-order valence-electron chi connectivity index (χ0n) is 15.1. The minimum absolute atomic E-state index is 0.106. The van der Waals surface area contributed by atoms with Gasteiger partial charge < -0.3 is 35.6 Å². The van der Waals surface area contributed by atoms with Crippen LogP contribution in [0.4, 0.5) is 0 Å². The Labute approximate surface area is 161 Å². The maximum Gasteiger partial charge on any atom is 0.326 e. The first kappa shape index (κ1) is 21.8.